The van der Waals surface area contributed by atoms with Gasteiger partial charge < -0.3 is 15.4 Å². The van der Waals surface area contributed by atoms with Gasteiger partial charge in [-0.25, -0.2) is 0 Å². The van der Waals surface area contributed by atoms with Crippen molar-refractivity contribution in [1.82, 2.24) is 5.32 Å². The normalized spacial score (nSPS) is 10.2. The molecule has 0 aliphatic heterocycles. The fourth-order valence-corrected chi connectivity index (χ4v) is 2.72. The van der Waals surface area contributed by atoms with E-state index < -0.39 is 0 Å². The first-order valence-corrected chi connectivity index (χ1v) is 9.18. The summed E-state index contributed by atoms with van der Waals surface area (Å²) in [6, 6.07) is 27.5. The summed E-state index contributed by atoms with van der Waals surface area (Å²) in [5, 5.41) is 6.10. The fourth-order valence-electron chi connectivity index (χ4n) is 2.72. The zero-order chi connectivity index (χ0) is 18.7. The summed E-state index contributed by atoms with van der Waals surface area (Å²) in [6.07, 6.45) is 1.88. The molecule has 0 bridgehead atoms. The van der Waals surface area contributed by atoms with Gasteiger partial charge >= 0.3 is 0 Å². The Morgan fingerprint density at radius 2 is 1.48 bits per heavy atom. The van der Waals surface area contributed by atoms with Gasteiger partial charge in [-0.2, -0.15) is 0 Å². The summed E-state index contributed by atoms with van der Waals surface area (Å²) in [5.41, 5.74) is 2.08. The van der Waals surface area contributed by atoms with Crippen LogP contribution >= 0.6 is 0 Å². The van der Waals surface area contributed by atoms with Crippen LogP contribution in [0.3, 0.4) is 0 Å². The monoisotopic (exact) mass is 360 g/mol. The molecule has 0 saturated heterocycles. The van der Waals surface area contributed by atoms with Gasteiger partial charge in [-0.3, -0.25) is 4.79 Å². The van der Waals surface area contributed by atoms with Crippen molar-refractivity contribution in [2.45, 2.75) is 12.8 Å². The zero-order valence-corrected chi connectivity index (χ0v) is 15.2. The van der Waals surface area contributed by atoms with Crippen LogP contribution in [-0.2, 0) is 11.2 Å². The second-order valence-electron chi connectivity index (χ2n) is 6.20. The number of para-hydroxylation sites is 3. The molecule has 2 N–H and O–H groups in total. The minimum atomic E-state index is -0.0300. The number of benzene rings is 3. The summed E-state index contributed by atoms with van der Waals surface area (Å²) in [4.78, 5) is 12.1. The Balaban J connectivity index is 1.43. The lowest BCUT2D eigenvalue weighted by Crippen LogP contribution is -2.30. The van der Waals surface area contributed by atoms with Gasteiger partial charge in [0.15, 0.2) is 5.75 Å². The van der Waals surface area contributed by atoms with Crippen LogP contribution in [0, 0.1) is 0 Å². The SMILES string of the molecule is O=C(CNc1ccccc1Oc1ccccc1)NCCCc1ccccc1. The molecule has 0 radical (unpaired) electrons. The molecule has 0 heterocycles. The van der Waals surface area contributed by atoms with Gasteiger partial charge in [0.1, 0.15) is 5.75 Å². The molecule has 138 valence electrons. The second-order valence-corrected chi connectivity index (χ2v) is 6.20. The number of ether oxygens (including phenoxy) is 1. The maximum atomic E-state index is 12.1. The lowest BCUT2D eigenvalue weighted by Gasteiger charge is -2.13. The van der Waals surface area contributed by atoms with Crippen molar-refractivity contribution in [3.63, 3.8) is 0 Å². The van der Waals surface area contributed by atoms with Crippen molar-refractivity contribution >= 4 is 11.6 Å². The molecule has 4 heteroatoms. The molecular formula is C23H24N2O2. The molecule has 0 aliphatic carbocycles. The number of hydrogen-bond acceptors (Lipinski definition) is 3. The van der Waals surface area contributed by atoms with Crippen molar-refractivity contribution in [1.29, 1.82) is 0 Å². The first-order chi connectivity index (χ1) is 13.3. The molecule has 0 unspecified atom stereocenters. The Labute approximate surface area is 160 Å². The van der Waals surface area contributed by atoms with E-state index in [0.717, 1.165) is 24.3 Å². The number of aryl methyl sites for hydroxylation is 1. The minimum absolute atomic E-state index is 0.0300. The predicted octanol–water partition coefficient (Wildman–Crippen LogP) is 4.64. The first-order valence-electron chi connectivity index (χ1n) is 9.18. The van der Waals surface area contributed by atoms with Crippen molar-refractivity contribution < 1.29 is 9.53 Å². The molecule has 27 heavy (non-hydrogen) atoms. The summed E-state index contributed by atoms with van der Waals surface area (Å²) < 4.78 is 5.90. The summed E-state index contributed by atoms with van der Waals surface area (Å²) in [6.45, 7) is 0.873. The van der Waals surface area contributed by atoms with Crippen molar-refractivity contribution in [2.24, 2.45) is 0 Å². The van der Waals surface area contributed by atoms with E-state index in [1.807, 2.05) is 72.8 Å². The van der Waals surface area contributed by atoms with E-state index in [1.165, 1.54) is 5.56 Å². The number of rotatable bonds is 9. The second kappa shape index (κ2) is 10.0. The molecule has 0 saturated carbocycles. The van der Waals surface area contributed by atoms with Gasteiger partial charge in [0, 0.05) is 6.54 Å². The molecule has 0 atom stereocenters. The van der Waals surface area contributed by atoms with Gasteiger partial charge in [0.2, 0.25) is 5.91 Å². The van der Waals surface area contributed by atoms with E-state index in [2.05, 4.69) is 22.8 Å². The zero-order valence-electron chi connectivity index (χ0n) is 15.2. The van der Waals surface area contributed by atoms with Crippen molar-refractivity contribution in [3.8, 4) is 11.5 Å². The number of anilines is 1. The van der Waals surface area contributed by atoms with Crippen LogP contribution in [0.5, 0.6) is 11.5 Å². The Morgan fingerprint density at radius 1 is 0.815 bits per heavy atom. The summed E-state index contributed by atoms with van der Waals surface area (Å²) >= 11 is 0. The van der Waals surface area contributed by atoms with Gasteiger partial charge in [-0.05, 0) is 42.7 Å². The van der Waals surface area contributed by atoms with E-state index in [-0.39, 0.29) is 12.5 Å². The van der Waals surface area contributed by atoms with E-state index >= 15 is 0 Å². The highest BCUT2D eigenvalue weighted by Gasteiger charge is 2.06. The highest BCUT2D eigenvalue weighted by atomic mass is 16.5. The third-order valence-electron chi connectivity index (χ3n) is 4.10. The molecule has 0 aliphatic rings. The van der Waals surface area contributed by atoms with Crippen LogP contribution in [0.1, 0.15) is 12.0 Å². The quantitative estimate of drug-likeness (QED) is 0.547. The maximum absolute atomic E-state index is 12.1. The minimum Gasteiger partial charge on any atom is -0.455 e. The van der Waals surface area contributed by atoms with Gasteiger partial charge in [0.05, 0.1) is 12.2 Å². The molecule has 0 aromatic heterocycles. The van der Waals surface area contributed by atoms with Crippen molar-refractivity contribution in [2.75, 3.05) is 18.4 Å². The largest absolute Gasteiger partial charge is 0.455 e. The Kier molecular flexibility index (Phi) is 6.87. The molecule has 0 fully saturated rings. The van der Waals surface area contributed by atoms with Crippen LogP contribution in [0.15, 0.2) is 84.9 Å². The number of amides is 1. The lowest BCUT2D eigenvalue weighted by molar-refractivity contribution is -0.119. The van der Waals surface area contributed by atoms with Gasteiger partial charge in [-0.15, -0.1) is 0 Å². The average molecular weight is 360 g/mol. The topological polar surface area (TPSA) is 50.4 Å². The van der Waals surface area contributed by atoms with Gasteiger partial charge in [-0.1, -0.05) is 60.7 Å². The van der Waals surface area contributed by atoms with Crippen LogP contribution in [0.25, 0.3) is 0 Å². The van der Waals surface area contributed by atoms with Crippen LogP contribution < -0.4 is 15.4 Å². The number of nitrogens with one attached hydrogen (secondary N) is 2. The predicted molar refractivity (Wildman–Crippen MR) is 109 cm³/mol. The fraction of sp³-hybridized carbons (Fsp3) is 0.174. The van der Waals surface area contributed by atoms with E-state index in [1.54, 1.807) is 0 Å². The molecule has 3 aromatic rings. The van der Waals surface area contributed by atoms with Crippen LogP contribution in [0.4, 0.5) is 5.69 Å². The molecule has 3 rings (SSSR count). The maximum Gasteiger partial charge on any atom is 0.239 e. The van der Waals surface area contributed by atoms with E-state index in [4.69, 9.17) is 4.74 Å². The van der Waals surface area contributed by atoms with Gasteiger partial charge in [0.25, 0.3) is 0 Å². The number of carbonyl (C=O) groups is 1. The summed E-state index contributed by atoms with van der Waals surface area (Å²) in [7, 11) is 0. The Hall–Kier alpha value is -3.27. The smallest absolute Gasteiger partial charge is 0.239 e. The van der Waals surface area contributed by atoms with Crippen LogP contribution in [-0.4, -0.2) is 19.0 Å². The molecule has 4 nitrogen and oxygen atoms in total. The molecule has 3 aromatic carbocycles. The van der Waals surface area contributed by atoms with E-state index in [0.29, 0.717) is 12.3 Å². The highest BCUT2D eigenvalue weighted by molar-refractivity contribution is 5.81. The van der Waals surface area contributed by atoms with Crippen LogP contribution in [0.2, 0.25) is 0 Å². The molecular weight excluding hydrogens is 336 g/mol. The van der Waals surface area contributed by atoms with E-state index in [9.17, 15) is 4.79 Å². The summed E-state index contributed by atoms with van der Waals surface area (Å²) in [5.74, 6) is 1.43. The Bertz CT molecular complexity index is 835. The average Bonchev–Trinajstić information content (AvgIpc) is 2.72. The van der Waals surface area contributed by atoms with Crippen molar-refractivity contribution in [3.05, 3.63) is 90.5 Å². The third-order valence-corrected chi connectivity index (χ3v) is 4.10. The standard InChI is InChI=1S/C23H24N2O2/c26-23(24-17-9-12-19-10-3-1-4-11-19)18-25-21-15-7-8-16-22(21)27-20-13-5-2-6-14-20/h1-8,10-11,13-16,25H,9,12,17-18H2,(H,24,26). The first kappa shape index (κ1) is 18.5. The number of hydrogen-bond donors (Lipinski definition) is 2. The molecule has 0 spiro atoms. The lowest BCUT2D eigenvalue weighted by atomic mass is 10.1. The highest BCUT2D eigenvalue weighted by Crippen LogP contribution is 2.28. The molecule has 1 amide bonds. The number of carbonyl (C=O) groups excluding carboxylic acids is 1. The Morgan fingerprint density at radius 3 is 2.26 bits per heavy atom. The third kappa shape index (κ3) is 6.19.